The fraction of sp³-hybridized carbons (Fsp3) is 0.625. The zero-order valence-electron chi connectivity index (χ0n) is 7.36. The van der Waals surface area contributed by atoms with Gasteiger partial charge in [-0.15, -0.1) is 5.10 Å². The molecule has 0 aromatic carbocycles. The van der Waals surface area contributed by atoms with Crippen LogP contribution in [0.5, 0.6) is 0 Å². The van der Waals surface area contributed by atoms with Crippen molar-refractivity contribution >= 4 is 0 Å². The molecule has 0 saturated heterocycles. The number of hydrogen-bond acceptors (Lipinski definition) is 3. The minimum atomic E-state index is 0.252. The number of nitriles is 1. The monoisotopic (exact) mass is 164 g/mol. The molecule has 1 aromatic heterocycles. The highest BCUT2D eigenvalue weighted by Crippen LogP contribution is 2.12. The van der Waals surface area contributed by atoms with Crippen LogP contribution in [-0.4, -0.2) is 14.8 Å². The summed E-state index contributed by atoms with van der Waals surface area (Å²) in [6.07, 6.45) is 3.66. The van der Waals surface area contributed by atoms with E-state index in [1.165, 1.54) is 0 Å². The van der Waals surface area contributed by atoms with E-state index >= 15 is 0 Å². The normalized spacial score (nSPS) is 10.2. The smallest absolute Gasteiger partial charge is 0.249 e. The van der Waals surface area contributed by atoms with E-state index < -0.39 is 0 Å². The van der Waals surface area contributed by atoms with Crippen molar-refractivity contribution in [2.75, 3.05) is 0 Å². The highest BCUT2D eigenvalue weighted by molar-refractivity contribution is 5.05. The van der Waals surface area contributed by atoms with E-state index in [-0.39, 0.29) is 5.82 Å². The van der Waals surface area contributed by atoms with Crippen molar-refractivity contribution in [3.05, 3.63) is 12.2 Å². The Kier molecular flexibility index (Phi) is 2.81. The Hall–Kier alpha value is -1.37. The Bertz CT molecular complexity index is 279. The van der Waals surface area contributed by atoms with Gasteiger partial charge in [-0.3, -0.25) is 0 Å². The summed E-state index contributed by atoms with van der Waals surface area (Å²) in [4.78, 5) is 3.84. The fourth-order valence-corrected chi connectivity index (χ4v) is 1.16. The first kappa shape index (κ1) is 8.72. The molecule has 1 aromatic rings. The number of rotatable bonds is 3. The van der Waals surface area contributed by atoms with E-state index in [0.29, 0.717) is 6.04 Å². The molecule has 4 heteroatoms. The molecule has 0 aliphatic rings. The summed E-state index contributed by atoms with van der Waals surface area (Å²) in [6, 6.07) is 2.28. The van der Waals surface area contributed by atoms with Crippen LogP contribution in [0.1, 0.15) is 38.6 Å². The molecule has 1 heterocycles. The Morgan fingerprint density at radius 2 is 2.25 bits per heavy atom. The lowest BCUT2D eigenvalue weighted by Crippen LogP contribution is -2.07. The highest BCUT2D eigenvalue weighted by Gasteiger charge is 2.07. The van der Waals surface area contributed by atoms with E-state index in [1.807, 2.05) is 6.07 Å². The van der Waals surface area contributed by atoms with Crippen LogP contribution in [0.3, 0.4) is 0 Å². The molecule has 0 saturated carbocycles. The van der Waals surface area contributed by atoms with E-state index in [2.05, 4.69) is 23.9 Å². The molecular weight excluding hydrogens is 152 g/mol. The minimum Gasteiger partial charge on any atom is -0.249 e. The van der Waals surface area contributed by atoms with Crippen LogP contribution in [0, 0.1) is 11.3 Å². The van der Waals surface area contributed by atoms with Crippen LogP contribution in [0.15, 0.2) is 6.33 Å². The summed E-state index contributed by atoms with van der Waals surface area (Å²) in [5.74, 6) is 0.252. The molecule has 12 heavy (non-hydrogen) atoms. The van der Waals surface area contributed by atoms with Gasteiger partial charge in [0.1, 0.15) is 12.4 Å². The standard InChI is InChI=1S/C8H12N4/c1-3-7(4-2)12-6-10-8(5-9)11-12/h6-7H,3-4H2,1-2H3. The Balaban J connectivity index is 2.81. The average molecular weight is 164 g/mol. The SMILES string of the molecule is CCC(CC)n1cnc(C#N)n1. The van der Waals surface area contributed by atoms with Gasteiger partial charge in [0.15, 0.2) is 0 Å². The lowest BCUT2D eigenvalue weighted by Gasteiger charge is -2.10. The third kappa shape index (κ3) is 1.62. The molecule has 0 aliphatic heterocycles. The van der Waals surface area contributed by atoms with Crippen molar-refractivity contribution in [2.45, 2.75) is 32.7 Å². The van der Waals surface area contributed by atoms with Crippen molar-refractivity contribution in [3.8, 4) is 6.07 Å². The first-order valence-electron chi connectivity index (χ1n) is 4.13. The molecule has 4 nitrogen and oxygen atoms in total. The summed E-state index contributed by atoms with van der Waals surface area (Å²) in [7, 11) is 0. The molecule has 0 unspecified atom stereocenters. The second-order valence-electron chi connectivity index (χ2n) is 2.63. The summed E-state index contributed by atoms with van der Waals surface area (Å²) < 4.78 is 1.76. The van der Waals surface area contributed by atoms with Crippen molar-refractivity contribution in [2.24, 2.45) is 0 Å². The average Bonchev–Trinajstić information content (AvgIpc) is 2.55. The largest absolute Gasteiger partial charge is 0.252 e. The molecule has 0 spiro atoms. The number of hydrogen-bond donors (Lipinski definition) is 0. The molecule has 0 radical (unpaired) electrons. The van der Waals surface area contributed by atoms with Gasteiger partial charge in [0.2, 0.25) is 0 Å². The van der Waals surface area contributed by atoms with Gasteiger partial charge in [0, 0.05) is 0 Å². The third-order valence-corrected chi connectivity index (χ3v) is 1.93. The van der Waals surface area contributed by atoms with Gasteiger partial charge in [-0.25, -0.2) is 9.67 Å². The zero-order chi connectivity index (χ0) is 8.97. The topological polar surface area (TPSA) is 54.5 Å². The summed E-state index contributed by atoms with van der Waals surface area (Å²) in [5, 5.41) is 12.5. The molecule has 64 valence electrons. The predicted molar refractivity (Wildman–Crippen MR) is 44.4 cm³/mol. The Morgan fingerprint density at radius 3 is 2.67 bits per heavy atom. The maximum atomic E-state index is 8.49. The van der Waals surface area contributed by atoms with Gasteiger partial charge < -0.3 is 0 Å². The summed E-state index contributed by atoms with van der Waals surface area (Å²) in [6.45, 7) is 4.20. The van der Waals surface area contributed by atoms with Gasteiger partial charge in [-0.05, 0) is 12.8 Å². The van der Waals surface area contributed by atoms with Crippen LogP contribution >= 0.6 is 0 Å². The zero-order valence-corrected chi connectivity index (χ0v) is 7.36. The summed E-state index contributed by atoms with van der Waals surface area (Å²) >= 11 is 0. The quantitative estimate of drug-likeness (QED) is 0.680. The van der Waals surface area contributed by atoms with E-state index in [0.717, 1.165) is 12.8 Å². The Morgan fingerprint density at radius 1 is 1.58 bits per heavy atom. The van der Waals surface area contributed by atoms with Crippen LogP contribution in [-0.2, 0) is 0 Å². The fourth-order valence-electron chi connectivity index (χ4n) is 1.16. The molecule has 0 N–H and O–H groups in total. The first-order chi connectivity index (χ1) is 5.81. The van der Waals surface area contributed by atoms with Gasteiger partial charge in [0.25, 0.3) is 5.82 Å². The molecule has 0 bridgehead atoms. The third-order valence-electron chi connectivity index (χ3n) is 1.93. The molecule has 0 fully saturated rings. The first-order valence-corrected chi connectivity index (χ1v) is 4.13. The molecule has 0 amide bonds. The van der Waals surface area contributed by atoms with Crippen LogP contribution in [0.4, 0.5) is 0 Å². The van der Waals surface area contributed by atoms with Crippen molar-refractivity contribution < 1.29 is 0 Å². The van der Waals surface area contributed by atoms with Crippen molar-refractivity contribution in [1.82, 2.24) is 14.8 Å². The molecule has 0 atom stereocenters. The summed E-state index contributed by atoms with van der Waals surface area (Å²) in [5.41, 5.74) is 0. The Labute approximate surface area is 71.8 Å². The number of aromatic nitrogens is 3. The van der Waals surface area contributed by atoms with Crippen LogP contribution < -0.4 is 0 Å². The lowest BCUT2D eigenvalue weighted by atomic mass is 10.2. The number of nitrogens with zero attached hydrogens (tertiary/aromatic N) is 4. The van der Waals surface area contributed by atoms with Crippen LogP contribution in [0.25, 0.3) is 0 Å². The minimum absolute atomic E-state index is 0.252. The van der Waals surface area contributed by atoms with Gasteiger partial charge in [-0.1, -0.05) is 13.8 Å². The molecule has 1 rings (SSSR count). The van der Waals surface area contributed by atoms with E-state index in [4.69, 9.17) is 5.26 Å². The highest BCUT2D eigenvalue weighted by atomic mass is 15.3. The maximum absolute atomic E-state index is 8.49. The van der Waals surface area contributed by atoms with Gasteiger partial charge in [0.05, 0.1) is 6.04 Å². The molecule has 0 aliphatic carbocycles. The van der Waals surface area contributed by atoms with Gasteiger partial charge >= 0.3 is 0 Å². The van der Waals surface area contributed by atoms with Crippen molar-refractivity contribution in [3.63, 3.8) is 0 Å². The van der Waals surface area contributed by atoms with Gasteiger partial charge in [-0.2, -0.15) is 5.26 Å². The second kappa shape index (κ2) is 3.86. The second-order valence-corrected chi connectivity index (χ2v) is 2.63. The van der Waals surface area contributed by atoms with Crippen LogP contribution in [0.2, 0.25) is 0 Å². The predicted octanol–water partition coefficient (Wildman–Crippen LogP) is 1.51. The lowest BCUT2D eigenvalue weighted by molar-refractivity contribution is 0.427. The van der Waals surface area contributed by atoms with E-state index in [1.54, 1.807) is 11.0 Å². The molecular formula is C8H12N4. The van der Waals surface area contributed by atoms with E-state index in [9.17, 15) is 0 Å². The van der Waals surface area contributed by atoms with Crippen molar-refractivity contribution in [1.29, 1.82) is 5.26 Å². The maximum Gasteiger partial charge on any atom is 0.252 e.